The highest BCUT2D eigenvalue weighted by molar-refractivity contribution is 5.69. The molecule has 0 aromatic rings. The number of rotatable bonds is 10. The maximum atomic E-state index is 11.6. The monoisotopic (exact) mass is 273 g/mol. The van der Waals surface area contributed by atoms with Gasteiger partial charge in [-0.2, -0.15) is 0 Å². The Balaban J connectivity index is 3.49. The molecule has 0 bridgehead atoms. The van der Waals surface area contributed by atoms with Gasteiger partial charge in [0.2, 0.25) is 0 Å². The first-order valence-corrected chi connectivity index (χ1v) is 6.95. The molecule has 0 aliphatic carbocycles. The molecule has 0 saturated carbocycles. The van der Waals surface area contributed by atoms with E-state index in [9.17, 15) is 4.79 Å². The summed E-state index contributed by atoms with van der Waals surface area (Å²) in [6.07, 6.45) is 1.49. The first-order valence-electron chi connectivity index (χ1n) is 6.95. The molecule has 19 heavy (non-hydrogen) atoms. The number of hydrogen-bond acceptors (Lipinski definition) is 4. The number of carbonyl (C=O) groups is 1. The molecule has 1 radical (unpaired) electrons. The van der Waals surface area contributed by atoms with Crippen molar-refractivity contribution in [2.75, 3.05) is 33.0 Å². The van der Waals surface area contributed by atoms with Crippen molar-refractivity contribution in [3.8, 4) is 0 Å². The molecule has 1 atom stereocenters. The van der Waals surface area contributed by atoms with E-state index in [0.29, 0.717) is 45.4 Å². The van der Waals surface area contributed by atoms with E-state index in [2.05, 4.69) is 34.6 Å². The van der Waals surface area contributed by atoms with Crippen LogP contribution in [0.15, 0.2) is 0 Å². The lowest BCUT2D eigenvalue weighted by atomic mass is 9.84. The van der Waals surface area contributed by atoms with E-state index >= 15 is 0 Å². The van der Waals surface area contributed by atoms with Gasteiger partial charge in [0.1, 0.15) is 6.61 Å². The van der Waals surface area contributed by atoms with Crippen LogP contribution in [-0.4, -0.2) is 39.0 Å². The normalized spacial score (nSPS) is 13.3. The molecule has 0 aromatic carbocycles. The Bertz CT molecular complexity index is 233. The highest BCUT2D eigenvalue weighted by atomic mass is 16.6. The Morgan fingerprint density at radius 3 is 2.26 bits per heavy atom. The molecule has 0 saturated heterocycles. The molecule has 0 amide bonds. The van der Waals surface area contributed by atoms with Crippen molar-refractivity contribution >= 4 is 5.97 Å². The van der Waals surface area contributed by atoms with Crippen LogP contribution in [0.25, 0.3) is 0 Å². The topological polar surface area (TPSA) is 44.8 Å². The first-order chi connectivity index (χ1) is 8.85. The van der Waals surface area contributed by atoms with Crippen LogP contribution in [0, 0.1) is 18.3 Å². The molecular weight excluding hydrogens is 244 g/mol. The second kappa shape index (κ2) is 10.2. The predicted molar refractivity (Wildman–Crippen MR) is 75.8 cm³/mol. The number of esters is 1. The summed E-state index contributed by atoms with van der Waals surface area (Å²) in [4.78, 5) is 11.6. The van der Waals surface area contributed by atoms with Gasteiger partial charge in [-0.15, -0.1) is 0 Å². The zero-order valence-corrected chi connectivity index (χ0v) is 12.9. The Morgan fingerprint density at radius 1 is 1.11 bits per heavy atom. The fourth-order valence-corrected chi connectivity index (χ4v) is 2.00. The molecule has 0 aromatic heterocycles. The summed E-state index contributed by atoms with van der Waals surface area (Å²) in [5, 5.41) is 0. The van der Waals surface area contributed by atoms with Crippen LogP contribution < -0.4 is 0 Å². The fraction of sp³-hybridized carbons (Fsp3) is 0.867. The van der Waals surface area contributed by atoms with Crippen LogP contribution in [0.5, 0.6) is 0 Å². The molecule has 0 heterocycles. The lowest BCUT2D eigenvalue weighted by molar-refractivity contribution is -0.146. The van der Waals surface area contributed by atoms with Crippen molar-refractivity contribution in [1.29, 1.82) is 0 Å². The number of hydrogen-bond donors (Lipinski definition) is 0. The van der Waals surface area contributed by atoms with E-state index in [1.807, 2.05) is 0 Å². The average Bonchev–Trinajstić information content (AvgIpc) is 2.25. The quantitative estimate of drug-likeness (QED) is 0.453. The van der Waals surface area contributed by atoms with E-state index < -0.39 is 0 Å². The Morgan fingerprint density at radius 2 is 1.68 bits per heavy atom. The standard InChI is InChI=1S/C15H29O4/c1-6-17-7-8-18-9-10-19-14(16)11-13(2)12-15(3,4)5/h13H,1,6-12H2,2-5H3. The van der Waals surface area contributed by atoms with E-state index in [-0.39, 0.29) is 11.4 Å². The molecule has 0 fully saturated rings. The molecule has 0 spiro atoms. The van der Waals surface area contributed by atoms with Crippen LogP contribution in [0.1, 0.15) is 40.5 Å². The van der Waals surface area contributed by atoms with Crippen molar-refractivity contribution in [1.82, 2.24) is 0 Å². The van der Waals surface area contributed by atoms with E-state index in [1.165, 1.54) is 0 Å². The van der Waals surface area contributed by atoms with Gasteiger partial charge in [0.15, 0.2) is 0 Å². The molecule has 0 N–H and O–H groups in total. The summed E-state index contributed by atoms with van der Waals surface area (Å²) in [6, 6.07) is 0. The summed E-state index contributed by atoms with van der Waals surface area (Å²) < 4.78 is 15.4. The smallest absolute Gasteiger partial charge is 0.306 e. The van der Waals surface area contributed by atoms with Crippen molar-refractivity contribution in [2.45, 2.75) is 40.5 Å². The number of carbonyl (C=O) groups excluding carboxylic acids is 1. The Labute approximate surface area is 117 Å². The minimum absolute atomic E-state index is 0.144. The van der Waals surface area contributed by atoms with Crippen LogP contribution in [0.4, 0.5) is 0 Å². The van der Waals surface area contributed by atoms with Crippen LogP contribution >= 0.6 is 0 Å². The maximum Gasteiger partial charge on any atom is 0.306 e. The number of ether oxygens (including phenoxy) is 3. The lowest BCUT2D eigenvalue weighted by Gasteiger charge is -2.22. The van der Waals surface area contributed by atoms with Crippen molar-refractivity contribution < 1.29 is 19.0 Å². The third-order valence-corrected chi connectivity index (χ3v) is 2.48. The maximum absolute atomic E-state index is 11.6. The molecule has 0 aliphatic rings. The SMILES string of the molecule is [CH2]COCCOCCOC(=O)CC(C)CC(C)(C)C. The highest BCUT2D eigenvalue weighted by Gasteiger charge is 2.18. The third-order valence-electron chi connectivity index (χ3n) is 2.48. The highest BCUT2D eigenvalue weighted by Crippen LogP contribution is 2.25. The second-order valence-corrected chi connectivity index (χ2v) is 6.02. The van der Waals surface area contributed by atoms with Crippen LogP contribution in [-0.2, 0) is 19.0 Å². The molecule has 1 unspecified atom stereocenters. The van der Waals surface area contributed by atoms with Gasteiger partial charge in [0.05, 0.1) is 19.8 Å². The van der Waals surface area contributed by atoms with Crippen LogP contribution in [0.3, 0.4) is 0 Å². The lowest BCUT2D eigenvalue weighted by Crippen LogP contribution is -2.17. The molecule has 4 nitrogen and oxygen atoms in total. The summed E-state index contributed by atoms with van der Waals surface area (Å²) in [5.74, 6) is 0.202. The predicted octanol–water partition coefficient (Wildman–Crippen LogP) is 2.86. The third kappa shape index (κ3) is 13.6. The van der Waals surface area contributed by atoms with Gasteiger partial charge in [0, 0.05) is 13.0 Å². The molecule has 0 aliphatic heterocycles. The van der Waals surface area contributed by atoms with Gasteiger partial charge in [-0.05, 0) is 24.7 Å². The molecule has 113 valence electrons. The first kappa shape index (κ1) is 18.4. The Hall–Kier alpha value is -0.610. The molecule has 0 rings (SSSR count). The zero-order valence-electron chi connectivity index (χ0n) is 12.9. The van der Waals surface area contributed by atoms with Gasteiger partial charge >= 0.3 is 5.97 Å². The van der Waals surface area contributed by atoms with E-state index in [1.54, 1.807) is 0 Å². The van der Waals surface area contributed by atoms with E-state index in [0.717, 1.165) is 6.42 Å². The Kier molecular flexibility index (Phi) is 9.88. The summed E-state index contributed by atoms with van der Waals surface area (Å²) in [5.41, 5.74) is 0.247. The second-order valence-electron chi connectivity index (χ2n) is 6.02. The van der Waals surface area contributed by atoms with Crippen molar-refractivity contribution in [2.24, 2.45) is 11.3 Å². The zero-order chi connectivity index (χ0) is 14.7. The largest absolute Gasteiger partial charge is 0.463 e. The molecule has 4 heteroatoms. The summed E-state index contributed by atoms with van der Waals surface area (Å²) in [7, 11) is 0. The average molecular weight is 273 g/mol. The van der Waals surface area contributed by atoms with Crippen LogP contribution in [0.2, 0.25) is 0 Å². The van der Waals surface area contributed by atoms with Gasteiger partial charge in [-0.25, -0.2) is 0 Å². The minimum atomic E-state index is -0.144. The van der Waals surface area contributed by atoms with E-state index in [4.69, 9.17) is 14.2 Å². The van der Waals surface area contributed by atoms with Gasteiger partial charge in [-0.3, -0.25) is 4.79 Å². The van der Waals surface area contributed by atoms with Crippen molar-refractivity contribution in [3.05, 3.63) is 6.92 Å². The molecular formula is C15H29O4. The van der Waals surface area contributed by atoms with Gasteiger partial charge in [-0.1, -0.05) is 27.7 Å². The van der Waals surface area contributed by atoms with Gasteiger partial charge in [0.25, 0.3) is 0 Å². The summed E-state index contributed by atoms with van der Waals surface area (Å²) >= 11 is 0. The fourth-order valence-electron chi connectivity index (χ4n) is 2.00. The van der Waals surface area contributed by atoms with Crippen molar-refractivity contribution in [3.63, 3.8) is 0 Å². The van der Waals surface area contributed by atoms with Gasteiger partial charge < -0.3 is 14.2 Å². The minimum Gasteiger partial charge on any atom is -0.463 e. The summed E-state index contributed by atoms with van der Waals surface area (Å²) in [6.45, 7) is 14.4.